The van der Waals surface area contributed by atoms with Crippen LogP contribution in [0.25, 0.3) is 0 Å². The highest BCUT2D eigenvalue weighted by molar-refractivity contribution is 14.1. The van der Waals surface area contributed by atoms with Crippen molar-refractivity contribution in [1.82, 2.24) is 0 Å². The topological polar surface area (TPSA) is 72.5 Å². The first-order valence-corrected chi connectivity index (χ1v) is 9.22. The molecule has 9 heteroatoms. The number of halogens is 3. The zero-order valence-corrected chi connectivity index (χ0v) is 15.1. The normalized spacial score (nSPS) is 11.3. The molecule has 2 aromatic carbocycles. The van der Waals surface area contributed by atoms with Gasteiger partial charge in [0.2, 0.25) is 9.84 Å². The van der Waals surface area contributed by atoms with Crippen LogP contribution in [0, 0.1) is 3.57 Å². The molecule has 2 rings (SSSR count). The standard InChI is InChI=1S/C15H12F2INO4S/c16-15(17)24(21,22)11-7-5-10(6-8-11)19-14(20)9-23-13-4-2-1-3-12(13)18/h1-8,15H,9H2,(H,19,20). The minimum absolute atomic E-state index is 0.239. The van der Waals surface area contributed by atoms with Crippen molar-refractivity contribution in [2.75, 3.05) is 11.9 Å². The number of hydrogen-bond acceptors (Lipinski definition) is 4. The van der Waals surface area contributed by atoms with Crippen LogP contribution in [0.5, 0.6) is 5.75 Å². The van der Waals surface area contributed by atoms with E-state index in [1.807, 2.05) is 12.1 Å². The van der Waals surface area contributed by atoms with Crippen LogP contribution in [-0.2, 0) is 14.6 Å². The molecule has 24 heavy (non-hydrogen) atoms. The number of carbonyl (C=O) groups excluding carboxylic acids is 1. The van der Waals surface area contributed by atoms with Gasteiger partial charge in [0.05, 0.1) is 8.47 Å². The van der Waals surface area contributed by atoms with E-state index in [2.05, 4.69) is 27.9 Å². The Morgan fingerprint density at radius 2 is 1.75 bits per heavy atom. The molecule has 0 saturated carbocycles. The number of benzene rings is 2. The molecule has 0 aliphatic rings. The molecular formula is C15H12F2INO4S. The summed E-state index contributed by atoms with van der Waals surface area (Å²) in [7, 11) is -4.64. The van der Waals surface area contributed by atoms with Crippen molar-refractivity contribution in [3.8, 4) is 5.75 Å². The van der Waals surface area contributed by atoms with Crippen LogP contribution in [0.15, 0.2) is 53.4 Å². The average Bonchev–Trinajstić information content (AvgIpc) is 2.54. The number of amides is 1. The van der Waals surface area contributed by atoms with Crippen molar-refractivity contribution < 1.29 is 26.7 Å². The summed E-state index contributed by atoms with van der Waals surface area (Å²) < 4.78 is 53.7. The number of carbonyl (C=O) groups is 1. The number of ether oxygens (including phenoxy) is 1. The Hall–Kier alpha value is -1.75. The smallest absolute Gasteiger partial charge is 0.341 e. The molecule has 0 spiro atoms. The lowest BCUT2D eigenvalue weighted by molar-refractivity contribution is -0.118. The van der Waals surface area contributed by atoms with Crippen molar-refractivity contribution in [2.45, 2.75) is 10.7 Å². The van der Waals surface area contributed by atoms with Gasteiger partial charge >= 0.3 is 5.76 Å². The van der Waals surface area contributed by atoms with Crippen LogP contribution in [-0.4, -0.2) is 26.7 Å². The summed E-state index contributed by atoms with van der Waals surface area (Å²) in [6.45, 7) is -0.239. The van der Waals surface area contributed by atoms with Crippen molar-refractivity contribution >= 4 is 44.0 Å². The van der Waals surface area contributed by atoms with Gasteiger partial charge in [-0.05, 0) is 59.0 Å². The molecule has 0 atom stereocenters. The highest BCUT2D eigenvalue weighted by atomic mass is 127. The van der Waals surface area contributed by atoms with E-state index in [1.54, 1.807) is 12.1 Å². The molecule has 0 saturated heterocycles. The van der Waals surface area contributed by atoms with Gasteiger partial charge < -0.3 is 10.1 Å². The van der Waals surface area contributed by atoms with E-state index >= 15 is 0 Å². The van der Waals surface area contributed by atoms with Gasteiger partial charge in [0.1, 0.15) is 5.75 Å². The number of para-hydroxylation sites is 1. The molecule has 128 valence electrons. The third kappa shape index (κ3) is 4.63. The molecule has 1 amide bonds. The molecule has 0 aliphatic carbocycles. The Labute approximate surface area is 151 Å². The fourth-order valence-electron chi connectivity index (χ4n) is 1.73. The Morgan fingerprint density at radius 3 is 2.33 bits per heavy atom. The maximum Gasteiger partial charge on any atom is 0.341 e. The van der Waals surface area contributed by atoms with E-state index in [4.69, 9.17) is 4.74 Å². The lowest BCUT2D eigenvalue weighted by atomic mass is 10.3. The molecular weight excluding hydrogens is 455 g/mol. The van der Waals surface area contributed by atoms with Crippen molar-refractivity contribution in [1.29, 1.82) is 0 Å². The lowest BCUT2D eigenvalue weighted by Gasteiger charge is -2.09. The quantitative estimate of drug-likeness (QED) is 0.662. The summed E-state index contributed by atoms with van der Waals surface area (Å²) >= 11 is 2.07. The SMILES string of the molecule is O=C(COc1ccccc1I)Nc1ccc(S(=O)(=O)C(F)F)cc1. The average molecular weight is 467 g/mol. The number of alkyl halides is 2. The van der Waals surface area contributed by atoms with E-state index in [9.17, 15) is 22.0 Å². The minimum Gasteiger partial charge on any atom is -0.483 e. The van der Waals surface area contributed by atoms with Gasteiger partial charge in [-0.1, -0.05) is 12.1 Å². The Balaban J connectivity index is 1.96. The first-order valence-electron chi connectivity index (χ1n) is 6.60. The van der Waals surface area contributed by atoms with Crippen molar-refractivity contribution in [3.05, 3.63) is 52.1 Å². The first kappa shape index (κ1) is 18.6. The van der Waals surface area contributed by atoms with Crippen LogP contribution in [0.4, 0.5) is 14.5 Å². The maximum absolute atomic E-state index is 12.4. The van der Waals surface area contributed by atoms with E-state index < -0.39 is 26.4 Å². The number of sulfone groups is 1. The van der Waals surface area contributed by atoms with Crippen molar-refractivity contribution in [3.63, 3.8) is 0 Å². The van der Waals surface area contributed by atoms with Crippen LogP contribution >= 0.6 is 22.6 Å². The van der Waals surface area contributed by atoms with Crippen molar-refractivity contribution in [2.24, 2.45) is 0 Å². The summed E-state index contributed by atoms with van der Waals surface area (Å²) in [6.07, 6.45) is 0. The molecule has 0 bridgehead atoms. The summed E-state index contributed by atoms with van der Waals surface area (Å²) in [4.78, 5) is 11.3. The second-order valence-corrected chi connectivity index (χ2v) is 7.68. The second kappa shape index (κ2) is 7.88. The largest absolute Gasteiger partial charge is 0.483 e. The molecule has 0 aliphatic heterocycles. The summed E-state index contributed by atoms with van der Waals surface area (Å²) in [5.74, 6) is -3.38. The van der Waals surface area contributed by atoms with Crippen LogP contribution < -0.4 is 10.1 Å². The van der Waals surface area contributed by atoms with Crippen LogP contribution in [0.2, 0.25) is 0 Å². The summed E-state index contributed by atoms with van der Waals surface area (Å²) in [5.41, 5.74) is 0.277. The van der Waals surface area contributed by atoms with Gasteiger partial charge in [-0.2, -0.15) is 8.78 Å². The van der Waals surface area contributed by atoms with Gasteiger partial charge in [0.15, 0.2) is 6.61 Å². The maximum atomic E-state index is 12.4. The van der Waals surface area contributed by atoms with E-state index in [1.165, 1.54) is 12.1 Å². The Bertz CT molecular complexity index is 826. The predicted molar refractivity (Wildman–Crippen MR) is 92.9 cm³/mol. The third-order valence-electron chi connectivity index (χ3n) is 2.90. The number of rotatable bonds is 6. The number of anilines is 1. The van der Waals surface area contributed by atoms with Gasteiger partial charge in [-0.25, -0.2) is 8.42 Å². The predicted octanol–water partition coefficient (Wildman–Crippen LogP) is 3.31. The van der Waals surface area contributed by atoms with Gasteiger partial charge in [0.25, 0.3) is 5.91 Å². The molecule has 0 unspecified atom stereocenters. The van der Waals surface area contributed by atoms with Gasteiger partial charge in [0, 0.05) is 5.69 Å². The van der Waals surface area contributed by atoms with Gasteiger partial charge in [-0.15, -0.1) is 0 Å². The van der Waals surface area contributed by atoms with E-state index in [0.717, 1.165) is 15.7 Å². The number of nitrogens with one attached hydrogen (secondary N) is 1. The molecule has 5 nitrogen and oxygen atoms in total. The zero-order chi connectivity index (χ0) is 17.7. The van der Waals surface area contributed by atoms with E-state index in [0.29, 0.717) is 5.75 Å². The fourth-order valence-corrected chi connectivity index (χ4v) is 3.00. The Kier molecular flexibility index (Phi) is 6.10. The van der Waals surface area contributed by atoms with Crippen LogP contribution in [0.1, 0.15) is 0 Å². The fraction of sp³-hybridized carbons (Fsp3) is 0.133. The molecule has 2 aromatic rings. The highest BCUT2D eigenvalue weighted by Gasteiger charge is 2.26. The van der Waals surface area contributed by atoms with Gasteiger partial charge in [-0.3, -0.25) is 4.79 Å². The summed E-state index contributed by atoms with van der Waals surface area (Å²) in [5, 5.41) is 2.49. The minimum atomic E-state index is -4.64. The second-order valence-electron chi connectivity index (χ2n) is 4.60. The number of hydrogen-bond donors (Lipinski definition) is 1. The highest BCUT2D eigenvalue weighted by Crippen LogP contribution is 2.21. The molecule has 0 radical (unpaired) electrons. The third-order valence-corrected chi connectivity index (χ3v) is 5.19. The molecule has 0 aromatic heterocycles. The monoisotopic (exact) mass is 467 g/mol. The molecule has 0 fully saturated rings. The molecule has 1 N–H and O–H groups in total. The van der Waals surface area contributed by atoms with E-state index in [-0.39, 0.29) is 12.3 Å². The summed E-state index contributed by atoms with van der Waals surface area (Å²) in [6, 6.07) is 11.7. The molecule has 0 heterocycles. The lowest BCUT2D eigenvalue weighted by Crippen LogP contribution is -2.20. The first-order chi connectivity index (χ1) is 11.3. The Morgan fingerprint density at radius 1 is 1.12 bits per heavy atom. The van der Waals surface area contributed by atoms with Crippen LogP contribution in [0.3, 0.4) is 0 Å². The zero-order valence-electron chi connectivity index (χ0n) is 12.1.